The van der Waals surface area contributed by atoms with E-state index in [9.17, 15) is 4.79 Å². The second-order valence-corrected chi connectivity index (χ2v) is 7.16. The molecule has 27 heavy (non-hydrogen) atoms. The zero-order valence-corrected chi connectivity index (χ0v) is 15.6. The van der Waals surface area contributed by atoms with Gasteiger partial charge in [0, 0.05) is 17.3 Å². The molecule has 1 N–H and O–H groups in total. The second-order valence-electron chi connectivity index (χ2n) is 7.16. The summed E-state index contributed by atoms with van der Waals surface area (Å²) in [6.07, 6.45) is 4.35. The second kappa shape index (κ2) is 7.34. The number of aryl methyl sites for hydroxylation is 2. The zero-order chi connectivity index (χ0) is 18.8. The lowest BCUT2D eigenvalue weighted by atomic mass is 10.1. The van der Waals surface area contributed by atoms with Crippen molar-refractivity contribution < 1.29 is 9.32 Å². The highest BCUT2D eigenvalue weighted by Crippen LogP contribution is 2.20. The van der Waals surface area contributed by atoms with Gasteiger partial charge in [-0.15, -0.1) is 0 Å². The fourth-order valence-corrected chi connectivity index (χ4v) is 3.52. The molecule has 0 saturated heterocycles. The molecule has 140 valence electrons. The first-order valence-corrected chi connectivity index (χ1v) is 9.33. The lowest BCUT2D eigenvalue weighted by molar-refractivity contribution is 0.0893. The molecular weight excluding hydrogens is 342 g/mol. The molecule has 0 bridgehead atoms. The van der Waals surface area contributed by atoms with Crippen LogP contribution in [0.25, 0.3) is 11.4 Å². The summed E-state index contributed by atoms with van der Waals surface area (Å²) in [5, 5.41) is 11.4. The average molecular weight is 365 g/mol. The fraction of sp³-hybridized carbons (Fsp3) is 0.400. The van der Waals surface area contributed by atoms with Crippen molar-refractivity contribution >= 4 is 5.91 Å². The standard InChI is InChI=1S/C20H23N5O2/c1-13-11-14(2)25(23-13)12-15-7-9-16(10-8-15)18-22-20(27-24-18)19(26)21-17-5-3-4-6-17/h7-11,17H,3-6,12H2,1-2H3,(H,21,26). The Hall–Kier alpha value is -2.96. The number of hydrogen-bond acceptors (Lipinski definition) is 5. The first-order chi connectivity index (χ1) is 13.1. The van der Waals surface area contributed by atoms with Crippen LogP contribution in [-0.4, -0.2) is 31.9 Å². The van der Waals surface area contributed by atoms with Gasteiger partial charge in [-0.3, -0.25) is 9.48 Å². The van der Waals surface area contributed by atoms with E-state index in [4.69, 9.17) is 4.52 Å². The highest BCUT2D eigenvalue weighted by Gasteiger charge is 2.22. The lowest BCUT2D eigenvalue weighted by Gasteiger charge is -2.08. The molecule has 2 heterocycles. The largest absolute Gasteiger partial charge is 0.345 e. The molecule has 1 amide bonds. The highest BCUT2D eigenvalue weighted by molar-refractivity contribution is 5.90. The molecule has 1 saturated carbocycles. The summed E-state index contributed by atoms with van der Waals surface area (Å²) in [6.45, 7) is 4.75. The summed E-state index contributed by atoms with van der Waals surface area (Å²) in [5.74, 6) is 0.148. The maximum Gasteiger partial charge on any atom is 0.316 e. The predicted molar refractivity (Wildman–Crippen MR) is 100 cm³/mol. The number of nitrogens with zero attached hydrogens (tertiary/aromatic N) is 4. The Kier molecular flexibility index (Phi) is 4.75. The van der Waals surface area contributed by atoms with Crippen LogP contribution in [0.3, 0.4) is 0 Å². The monoisotopic (exact) mass is 365 g/mol. The number of nitrogens with one attached hydrogen (secondary N) is 1. The van der Waals surface area contributed by atoms with Crippen LogP contribution >= 0.6 is 0 Å². The van der Waals surface area contributed by atoms with Crippen molar-refractivity contribution in [3.63, 3.8) is 0 Å². The van der Waals surface area contributed by atoms with Gasteiger partial charge in [0.2, 0.25) is 5.82 Å². The Morgan fingerprint density at radius 3 is 2.63 bits per heavy atom. The van der Waals surface area contributed by atoms with Gasteiger partial charge in [0.15, 0.2) is 0 Å². The summed E-state index contributed by atoms with van der Waals surface area (Å²) in [6, 6.07) is 10.2. The van der Waals surface area contributed by atoms with Crippen LogP contribution in [-0.2, 0) is 6.54 Å². The first-order valence-electron chi connectivity index (χ1n) is 9.33. The van der Waals surface area contributed by atoms with Crippen LogP contribution < -0.4 is 5.32 Å². The summed E-state index contributed by atoms with van der Waals surface area (Å²) >= 11 is 0. The number of hydrogen-bond donors (Lipinski definition) is 1. The van der Waals surface area contributed by atoms with Crippen LogP contribution in [0.15, 0.2) is 34.9 Å². The van der Waals surface area contributed by atoms with Crippen molar-refractivity contribution in [1.29, 1.82) is 0 Å². The molecule has 1 aromatic carbocycles. The van der Waals surface area contributed by atoms with Crippen molar-refractivity contribution in [2.45, 2.75) is 52.1 Å². The van der Waals surface area contributed by atoms with Crippen molar-refractivity contribution in [3.8, 4) is 11.4 Å². The zero-order valence-electron chi connectivity index (χ0n) is 15.6. The Bertz CT molecular complexity index is 936. The topological polar surface area (TPSA) is 85.8 Å². The minimum Gasteiger partial charge on any atom is -0.345 e. The van der Waals surface area contributed by atoms with Crippen molar-refractivity contribution in [3.05, 3.63) is 53.2 Å². The molecule has 0 unspecified atom stereocenters. The lowest BCUT2D eigenvalue weighted by Crippen LogP contribution is -2.32. The van der Waals surface area contributed by atoms with Gasteiger partial charge in [0.25, 0.3) is 0 Å². The molecule has 3 aromatic rings. The van der Waals surface area contributed by atoms with Crippen LogP contribution in [0.5, 0.6) is 0 Å². The maximum absolute atomic E-state index is 12.2. The van der Waals surface area contributed by atoms with E-state index in [1.165, 1.54) is 0 Å². The van der Waals surface area contributed by atoms with E-state index in [2.05, 4.69) is 26.6 Å². The van der Waals surface area contributed by atoms with Gasteiger partial charge < -0.3 is 9.84 Å². The first kappa shape index (κ1) is 17.5. The minimum absolute atomic E-state index is 0.0172. The van der Waals surface area contributed by atoms with Crippen molar-refractivity contribution in [2.24, 2.45) is 0 Å². The third kappa shape index (κ3) is 3.92. The Morgan fingerprint density at radius 1 is 1.22 bits per heavy atom. The molecule has 7 nitrogen and oxygen atoms in total. The molecule has 0 spiro atoms. The van der Waals surface area contributed by atoms with E-state index in [1.807, 2.05) is 42.8 Å². The van der Waals surface area contributed by atoms with Crippen molar-refractivity contribution in [1.82, 2.24) is 25.2 Å². The molecular formula is C20H23N5O2. The molecule has 2 aromatic heterocycles. The van der Waals surface area contributed by atoms with Gasteiger partial charge in [-0.25, -0.2) is 0 Å². The highest BCUT2D eigenvalue weighted by atomic mass is 16.5. The number of aromatic nitrogens is 4. The summed E-state index contributed by atoms with van der Waals surface area (Å²) in [5.41, 5.74) is 4.09. The summed E-state index contributed by atoms with van der Waals surface area (Å²) in [4.78, 5) is 16.5. The van der Waals surface area contributed by atoms with E-state index >= 15 is 0 Å². The molecule has 7 heteroatoms. The van der Waals surface area contributed by atoms with E-state index in [0.29, 0.717) is 12.4 Å². The third-order valence-corrected chi connectivity index (χ3v) is 4.96. The normalized spacial score (nSPS) is 14.6. The van der Waals surface area contributed by atoms with E-state index < -0.39 is 0 Å². The quantitative estimate of drug-likeness (QED) is 0.750. The molecule has 0 aliphatic heterocycles. The van der Waals surface area contributed by atoms with Crippen molar-refractivity contribution in [2.75, 3.05) is 0 Å². The third-order valence-electron chi connectivity index (χ3n) is 4.96. The number of amides is 1. The van der Waals surface area contributed by atoms with Crippen LogP contribution in [0, 0.1) is 13.8 Å². The smallest absolute Gasteiger partial charge is 0.316 e. The summed E-state index contributed by atoms with van der Waals surface area (Å²) in [7, 11) is 0. The Morgan fingerprint density at radius 2 is 1.96 bits per heavy atom. The predicted octanol–water partition coefficient (Wildman–Crippen LogP) is 3.27. The Balaban J connectivity index is 1.43. The van der Waals surface area contributed by atoms with Crippen LogP contribution in [0.1, 0.15) is 53.3 Å². The SMILES string of the molecule is Cc1cc(C)n(Cc2ccc(-c3noc(C(=O)NC4CCCC4)n3)cc2)n1. The summed E-state index contributed by atoms with van der Waals surface area (Å²) < 4.78 is 7.12. The molecule has 1 aliphatic rings. The minimum atomic E-state index is -0.290. The number of carbonyl (C=O) groups is 1. The van der Waals surface area contributed by atoms with Gasteiger partial charge in [-0.05, 0) is 38.3 Å². The van der Waals surface area contributed by atoms with Gasteiger partial charge in [-0.1, -0.05) is 42.3 Å². The van der Waals surface area contributed by atoms with E-state index in [0.717, 1.165) is 48.2 Å². The van der Waals surface area contributed by atoms with E-state index in [-0.39, 0.29) is 17.8 Å². The molecule has 1 aliphatic carbocycles. The number of rotatable bonds is 5. The molecule has 4 rings (SSSR count). The van der Waals surface area contributed by atoms with Gasteiger partial charge in [0.05, 0.1) is 12.2 Å². The number of benzene rings is 1. The van der Waals surface area contributed by atoms with Gasteiger partial charge in [-0.2, -0.15) is 10.1 Å². The van der Waals surface area contributed by atoms with E-state index in [1.54, 1.807) is 0 Å². The maximum atomic E-state index is 12.2. The average Bonchev–Trinajstić information content (AvgIpc) is 3.38. The molecule has 0 atom stereocenters. The Labute approximate surface area is 157 Å². The molecule has 0 radical (unpaired) electrons. The van der Waals surface area contributed by atoms with Gasteiger partial charge in [0.1, 0.15) is 0 Å². The molecule has 1 fully saturated rings. The number of carbonyl (C=O) groups excluding carboxylic acids is 1. The van der Waals surface area contributed by atoms with Crippen LogP contribution in [0.4, 0.5) is 0 Å². The van der Waals surface area contributed by atoms with Crippen LogP contribution in [0.2, 0.25) is 0 Å². The van der Waals surface area contributed by atoms with Gasteiger partial charge >= 0.3 is 11.8 Å². The fourth-order valence-electron chi connectivity index (χ4n) is 3.52.